The monoisotopic (exact) mass is 381 g/mol. The van der Waals surface area contributed by atoms with Gasteiger partial charge in [-0.3, -0.25) is 4.99 Å². The summed E-state index contributed by atoms with van der Waals surface area (Å²) in [6.45, 7) is 0. The molecule has 0 saturated heterocycles. The number of para-hydroxylation sites is 2. The van der Waals surface area contributed by atoms with Gasteiger partial charge in [0.2, 0.25) is 0 Å². The molecule has 0 amide bonds. The van der Waals surface area contributed by atoms with Gasteiger partial charge in [-0.25, -0.2) is 4.98 Å². The van der Waals surface area contributed by atoms with Crippen molar-refractivity contribution >= 4 is 46.1 Å². The molecule has 4 rings (SSSR count). The largest absolute Gasteiger partial charge is 0.506 e. The van der Waals surface area contributed by atoms with Crippen molar-refractivity contribution in [2.24, 2.45) is 4.99 Å². The van der Waals surface area contributed by atoms with Gasteiger partial charge in [0.25, 0.3) is 0 Å². The van der Waals surface area contributed by atoms with Gasteiger partial charge in [-0.2, -0.15) is 0 Å². The average Bonchev–Trinajstić information content (AvgIpc) is 3.08. The SMILES string of the molecule is Oc1c(Cl)cc(Cl)cc1C=Nc1ccc(-c2nc3ccccc3[nH]2)cc1. The zero-order valence-electron chi connectivity index (χ0n) is 13.4. The standard InChI is InChI=1S/C20H13Cl2N3O/c21-14-9-13(19(26)16(22)10-14)11-23-15-7-5-12(6-8-15)20-24-17-3-1-2-4-18(17)25-20/h1-11,26H,(H,24,25). The molecule has 0 atom stereocenters. The average molecular weight is 382 g/mol. The Hall–Kier alpha value is -2.82. The molecule has 26 heavy (non-hydrogen) atoms. The smallest absolute Gasteiger partial charge is 0.143 e. The molecule has 0 aliphatic carbocycles. The molecular formula is C20H13Cl2N3O. The topological polar surface area (TPSA) is 61.3 Å². The van der Waals surface area contributed by atoms with E-state index in [-0.39, 0.29) is 10.8 Å². The van der Waals surface area contributed by atoms with Crippen molar-refractivity contribution in [3.8, 4) is 17.1 Å². The number of hydrogen-bond acceptors (Lipinski definition) is 3. The van der Waals surface area contributed by atoms with E-state index in [0.717, 1.165) is 28.1 Å². The van der Waals surface area contributed by atoms with Gasteiger partial charge in [-0.1, -0.05) is 35.3 Å². The first-order valence-corrected chi connectivity index (χ1v) is 8.63. The third kappa shape index (κ3) is 3.29. The summed E-state index contributed by atoms with van der Waals surface area (Å²) in [5.74, 6) is 0.764. The number of aromatic hydroxyl groups is 1. The number of phenols is 1. The van der Waals surface area contributed by atoms with Gasteiger partial charge in [0.1, 0.15) is 11.6 Å². The summed E-state index contributed by atoms with van der Waals surface area (Å²) in [5.41, 5.74) is 4.09. The van der Waals surface area contributed by atoms with Gasteiger partial charge >= 0.3 is 0 Å². The van der Waals surface area contributed by atoms with Crippen LogP contribution < -0.4 is 0 Å². The number of hydrogen-bond donors (Lipinski definition) is 2. The van der Waals surface area contributed by atoms with Gasteiger partial charge < -0.3 is 10.1 Å². The highest BCUT2D eigenvalue weighted by atomic mass is 35.5. The van der Waals surface area contributed by atoms with E-state index < -0.39 is 0 Å². The maximum atomic E-state index is 9.97. The van der Waals surface area contributed by atoms with Crippen molar-refractivity contribution in [2.45, 2.75) is 0 Å². The van der Waals surface area contributed by atoms with Gasteiger partial charge in [0.15, 0.2) is 0 Å². The highest BCUT2D eigenvalue weighted by molar-refractivity contribution is 6.36. The van der Waals surface area contributed by atoms with E-state index >= 15 is 0 Å². The summed E-state index contributed by atoms with van der Waals surface area (Å²) in [6, 6.07) is 18.6. The van der Waals surface area contributed by atoms with E-state index in [0.29, 0.717) is 10.6 Å². The van der Waals surface area contributed by atoms with Crippen molar-refractivity contribution in [3.63, 3.8) is 0 Å². The van der Waals surface area contributed by atoms with Gasteiger partial charge in [-0.15, -0.1) is 0 Å². The molecule has 1 heterocycles. The Labute approximate surface area is 159 Å². The molecule has 4 nitrogen and oxygen atoms in total. The summed E-state index contributed by atoms with van der Waals surface area (Å²) in [4.78, 5) is 12.2. The van der Waals surface area contributed by atoms with Crippen LogP contribution in [0.4, 0.5) is 5.69 Å². The molecule has 1 aromatic heterocycles. The molecule has 6 heteroatoms. The number of aromatic nitrogens is 2. The molecular weight excluding hydrogens is 369 g/mol. The van der Waals surface area contributed by atoms with E-state index in [1.54, 1.807) is 6.07 Å². The van der Waals surface area contributed by atoms with Crippen molar-refractivity contribution in [1.29, 1.82) is 0 Å². The molecule has 0 aliphatic rings. The molecule has 0 radical (unpaired) electrons. The van der Waals surface area contributed by atoms with Crippen molar-refractivity contribution in [2.75, 3.05) is 0 Å². The Kier molecular flexibility index (Phi) is 4.37. The normalized spacial score (nSPS) is 11.5. The second kappa shape index (κ2) is 6.83. The molecule has 3 aromatic carbocycles. The molecule has 0 aliphatic heterocycles. The fourth-order valence-corrected chi connectivity index (χ4v) is 3.13. The molecule has 4 aromatic rings. The first-order valence-electron chi connectivity index (χ1n) is 7.87. The summed E-state index contributed by atoms with van der Waals surface area (Å²) < 4.78 is 0. The zero-order valence-corrected chi connectivity index (χ0v) is 15.0. The summed E-state index contributed by atoms with van der Waals surface area (Å²) in [6.07, 6.45) is 1.53. The lowest BCUT2D eigenvalue weighted by molar-refractivity contribution is 0.475. The number of nitrogens with one attached hydrogen (secondary N) is 1. The Morgan fingerprint density at radius 1 is 1.00 bits per heavy atom. The molecule has 0 saturated carbocycles. The molecule has 2 N–H and O–H groups in total. The van der Waals surface area contributed by atoms with E-state index in [1.165, 1.54) is 12.3 Å². The minimum atomic E-state index is -0.0429. The summed E-state index contributed by atoms with van der Waals surface area (Å²) in [7, 11) is 0. The number of phenolic OH excluding ortho intramolecular Hbond substituents is 1. The first kappa shape index (κ1) is 16.6. The van der Waals surface area contributed by atoms with Crippen LogP contribution in [-0.4, -0.2) is 21.3 Å². The van der Waals surface area contributed by atoms with Crippen LogP contribution in [0, 0.1) is 0 Å². The Morgan fingerprint density at radius 2 is 1.77 bits per heavy atom. The van der Waals surface area contributed by atoms with E-state index in [4.69, 9.17) is 23.2 Å². The maximum absolute atomic E-state index is 9.97. The van der Waals surface area contributed by atoms with Crippen LogP contribution >= 0.6 is 23.2 Å². The fourth-order valence-electron chi connectivity index (χ4n) is 2.62. The van der Waals surface area contributed by atoms with Crippen LogP contribution in [-0.2, 0) is 0 Å². The van der Waals surface area contributed by atoms with Gasteiger partial charge in [-0.05, 0) is 48.5 Å². The van der Waals surface area contributed by atoms with Crippen LogP contribution in [0.15, 0.2) is 65.7 Å². The molecule has 0 spiro atoms. The number of H-pyrrole nitrogens is 1. The second-order valence-electron chi connectivity index (χ2n) is 5.73. The number of aliphatic imine (C=N–C) groups is 1. The third-order valence-electron chi connectivity index (χ3n) is 3.94. The molecule has 128 valence electrons. The van der Waals surface area contributed by atoms with Crippen molar-refractivity contribution in [3.05, 3.63) is 76.3 Å². The quantitative estimate of drug-likeness (QED) is 0.428. The molecule has 0 bridgehead atoms. The minimum Gasteiger partial charge on any atom is -0.506 e. The van der Waals surface area contributed by atoms with Crippen LogP contribution in [0.1, 0.15) is 5.56 Å². The van der Waals surface area contributed by atoms with Crippen LogP contribution in [0.5, 0.6) is 5.75 Å². The Bertz CT molecular complexity index is 1080. The predicted molar refractivity (Wildman–Crippen MR) is 107 cm³/mol. The number of fused-ring (bicyclic) bond motifs is 1. The van der Waals surface area contributed by atoms with Crippen LogP contribution in [0.3, 0.4) is 0 Å². The maximum Gasteiger partial charge on any atom is 0.143 e. The first-order chi connectivity index (χ1) is 12.6. The number of nitrogens with zero attached hydrogens (tertiary/aromatic N) is 2. The van der Waals surface area contributed by atoms with Gasteiger partial charge in [0.05, 0.1) is 21.7 Å². The number of aromatic amines is 1. The van der Waals surface area contributed by atoms with Crippen LogP contribution in [0.25, 0.3) is 22.4 Å². The number of imidazole rings is 1. The Balaban J connectivity index is 1.60. The number of rotatable bonds is 3. The Morgan fingerprint density at radius 3 is 2.54 bits per heavy atom. The van der Waals surface area contributed by atoms with E-state index in [2.05, 4.69) is 15.0 Å². The second-order valence-corrected chi connectivity index (χ2v) is 6.58. The molecule has 0 unspecified atom stereocenters. The van der Waals surface area contributed by atoms with E-state index in [9.17, 15) is 5.11 Å². The lowest BCUT2D eigenvalue weighted by Gasteiger charge is -2.02. The summed E-state index contributed by atoms with van der Waals surface area (Å²) in [5, 5.41) is 10.6. The highest BCUT2D eigenvalue weighted by Gasteiger charge is 2.07. The van der Waals surface area contributed by atoms with E-state index in [1.807, 2.05) is 48.5 Å². The van der Waals surface area contributed by atoms with Crippen molar-refractivity contribution in [1.82, 2.24) is 9.97 Å². The number of halogens is 2. The zero-order chi connectivity index (χ0) is 18.1. The number of benzene rings is 3. The minimum absolute atomic E-state index is 0.0429. The van der Waals surface area contributed by atoms with Gasteiger partial charge in [0, 0.05) is 22.4 Å². The lowest BCUT2D eigenvalue weighted by atomic mass is 10.2. The molecule has 0 fully saturated rings. The lowest BCUT2D eigenvalue weighted by Crippen LogP contribution is -1.84. The predicted octanol–water partition coefficient (Wildman–Crippen LogP) is 5.99. The van der Waals surface area contributed by atoms with Crippen molar-refractivity contribution < 1.29 is 5.11 Å². The highest BCUT2D eigenvalue weighted by Crippen LogP contribution is 2.30. The third-order valence-corrected chi connectivity index (χ3v) is 4.45. The summed E-state index contributed by atoms with van der Waals surface area (Å²) >= 11 is 11.9. The van der Waals surface area contributed by atoms with Crippen LogP contribution in [0.2, 0.25) is 10.0 Å². The fraction of sp³-hybridized carbons (Fsp3) is 0.